The lowest BCUT2D eigenvalue weighted by molar-refractivity contribution is 0.102. The molecule has 1 aromatic rings. The molecule has 1 aromatic carbocycles. The van der Waals surface area contributed by atoms with E-state index in [1.54, 1.807) is 24.3 Å². The van der Waals surface area contributed by atoms with E-state index in [1.807, 2.05) is 6.07 Å². The number of amides is 1. The number of carbonyl (C=O) groups excluding carboxylic acids is 1. The zero-order valence-corrected chi connectivity index (χ0v) is 9.30. The van der Waals surface area contributed by atoms with Gasteiger partial charge in [0.2, 0.25) is 0 Å². The minimum absolute atomic E-state index is 0.0865. The van der Waals surface area contributed by atoms with E-state index in [1.165, 1.54) is 11.1 Å². The maximum absolute atomic E-state index is 12.1. The van der Waals surface area contributed by atoms with Gasteiger partial charge in [-0.05, 0) is 12.8 Å². The summed E-state index contributed by atoms with van der Waals surface area (Å²) in [6.07, 6.45) is 1.76. The van der Waals surface area contributed by atoms with E-state index in [2.05, 4.69) is 0 Å². The van der Waals surface area contributed by atoms with Crippen molar-refractivity contribution in [2.45, 2.75) is 12.8 Å². The number of ketones is 1. The normalized spacial score (nSPS) is 15.3. The molecule has 0 aliphatic carbocycles. The fourth-order valence-electron chi connectivity index (χ4n) is 1.86. The van der Waals surface area contributed by atoms with Gasteiger partial charge in [-0.1, -0.05) is 30.3 Å². The number of nitrogens with zero attached hydrogens (tertiary/aromatic N) is 1. The van der Waals surface area contributed by atoms with Crippen molar-refractivity contribution < 1.29 is 14.7 Å². The Bertz CT molecular complexity index is 465. The van der Waals surface area contributed by atoms with E-state index in [0.717, 1.165) is 0 Å². The lowest BCUT2D eigenvalue weighted by Gasteiger charge is -2.21. The molecule has 0 unspecified atom stereocenters. The zero-order valence-electron chi connectivity index (χ0n) is 9.30. The Kier molecular flexibility index (Phi) is 3.23. The first kappa shape index (κ1) is 11.4. The molecule has 1 amide bonds. The number of carboxylic acid groups (broad SMARTS) is 1. The highest BCUT2D eigenvalue weighted by molar-refractivity contribution is 6.08. The summed E-state index contributed by atoms with van der Waals surface area (Å²) in [7, 11) is 0. The second-order valence-electron chi connectivity index (χ2n) is 3.93. The number of hydrogen-bond acceptors (Lipinski definition) is 2. The maximum atomic E-state index is 12.1. The van der Waals surface area contributed by atoms with Crippen molar-refractivity contribution in [1.29, 1.82) is 0 Å². The molecule has 0 radical (unpaired) electrons. The summed E-state index contributed by atoms with van der Waals surface area (Å²) in [5.74, 6) is -0.0865. The summed E-state index contributed by atoms with van der Waals surface area (Å²) >= 11 is 0. The van der Waals surface area contributed by atoms with Gasteiger partial charge < -0.3 is 5.11 Å². The van der Waals surface area contributed by atoms with Gasteiger partial charge in [-0.25, -0.2) is 4.79 Å². The number of Topliss-reactive ketones (excluding diaryl/α,β-unsaturated/α-hetero) is 1. The highest BCUT2D eigenvalue weighted by Crippen LogP contribution is 2.19. The monoisotopic (exact) mass is 231 g/mol. The highest BCUT2D eigenvalue weighted by Gasteiger charge is 2.20. The molecule has 0 spiro atoms. The van der Waals surface area contributed by atoms with Crippen molar-refractivity contribution >= 4 is 11.9 Å². The molecular formula is C13H13NO3. The number of carbonyl (C=O) groups is 2. The summed E-state index contributed by atoms with van der Waals surface area (Å²) in [6, 6.07) is 8.92. The fraction of sp³-hybridized carbons (Fsp3) is 0.231. The molecule has 0 saturated carbocycles. The number of benzene rings is 1. The van der Waals surface area contributed by atoms with Gasteiger partial charge in [0, 0.05) is 23.9 Å². The van der Waals surface area contributed by atoms with Crippen LogP contribution in [0.15, 0.2) is 42.1 Å². The molecule has 4 nitrogen and oxygen atoms in total. The van der Waals surface area contributed by atoms with Crippen LogP contribution in [0.25, 0.3) is 0 Å². The Morgan fingerprint density at radius 2 is 1.88 bits per heavy atom. The Morgan fingerprint density at radius 3 is 2.53 bits per heavy atom. The summed E-state index contributed by atoms with van der Waals surface area (Å²) in [5.41, 5.74) is 1.16. The Labute approximate surface area is 99.2 Å². The first-order chi connectivity index (χ1) is 8.18. The first-order valence-electron chi connectivity index (χ1n) is 5.48. The zero-order chi connectivity index (χ0) is 12.3. The third kappa shape index (κ3) is 2.53. The molecule has 0 atom stereocenters. The molecule has 2 rings (SSSR count). The molecule has 88 valence electrons. The van der Waals surface area contributed by atoms with Gasteiger partial charge in [0.25, 0.3) is 0 Å². The minimum Gasteiger partial charge on any atom is -0.465 e. The van der Waals surface area contributed by atoms with Crippen LogP contribution in [0.3, 0.4) is 0 Å². The topological polar surface area (TPSA) is 57.6 Å². The Hall–Kier alpha value is -2.10. The molecule has 1 N–H and O–H groups in total. The molecule has 1 aliphatic heterocycles. The molecule has 1 heterocycles. The van der Waals surface area contributed by atoms with Crippen molar-refractivity contribution in [3.05, 3.63) is 47.7 Å². The number of hydrogen-bond donors (Lipinski definition) is 1. The second kappa shape index (κ2) is 4.82. The average molecular weight is 231 g/mol. The van der Waals surface area contributed by atoms with Crippen molar-refractivity contribution in [3.63, 3.8) is 0 Å². The predicted octanol–water partition coefficient (Wildman–Crippen LogP) is 2.53. The van der Waals surface area contributed by atoms with Crippen LogP contribution in [-0.2, 0) is 0 Å². The molecule has 0 fully saturated rings. The van der Waals surface area contributed by atoms with Gasteiger partial charge in [0.05, 0.1) is 0 Å². The van der Waals surface area contributed by atoms with Crippen LogP contribution < -0.4 is 0 Å². The van der Waals surface area contributed by atoms with Crippen LogP contribution in [0, 0.1) is 0 Å². The van der Waals surface area contributed by atoms with Gasteiger partial charge in [-0.15, -0.1) is 0 Å². The SMILES string of the molecule is O=C(C1=CN(C(=O)O)CCC1)c1ccccc1. The molecule has 0 saturated heterocycles. The molecule has 1 aliphatic rings. The van der Waals surface area contributed by atoms with Crippen LogP contribution in [-0.4, -0.2) is 28.4 Å². The lowest BCUT2D eigenvalue weighted by Crippen LogP contribution is -2.29. The third-order valence-electron chi connectivity index (χ3n) is 2.73. The molecule has 4 heteroatoms. The van der Waals surface area contributed by atoms with Gasteiger partial charge in [-0.3, -0.25) is 9.69 Å². The second-order valence-corrected chi connectivity index (χ2v) is 3.93. The van der Waals surface area contributed by atoms with E-state index >= 15 is 0 Å². The van der Waals surface area contributed by atoms with E-state index in [9.17, 15) is 9.59 Å². The molecule has 0 bridgehead atoms. The summed E-state index contributed by atoms with van der Waals surface area (Å²) < 4.78 is 0. The minimum atomic E-state index is -1.01. The molecule has 0 aromatic heterocycles. The van der Waals surface area contributed by atoms with E-state index in [4.69, 9.17) is 5.11 Å². The Morgan fingerprint density at radius 1 is 1.18 bits per heavy atom. The van der Waals surface area contributed by atoms with Gasteiger partial charge >= 0.3 is 6.09 Å². The number of rotatable bonds is 2. The van der Waals surface area contributed by atoms with Crippen LogP contribution in [0.1, 0.15) is 23.2 Å². The van der Waals surface area contributed by atoms with Crippen molar-refractivity contribution in [1.82, 2.24) is 4.90 Å². The van der Waals surface area contributed by atoms with E-state index in [0.29, 0.717) is 30.5 Å². The smallest absolute Gasteiger partial charge is 0.411 e. The van der Waals surface area contributed by atoms with Gasteiger partial charge in [0.1, 0.15) is 0 Å². The maximum Gasteiger partial charge on any atom is 0.411 e. The van der Waals surface area contributed by atoms with Crippen molar-refractivity contribution in [3.8, 4) is 0 Å². The largest absolute Gasteiger partial charge is 0.465 e. The Balaban J connectivity index is 2.23. The van der Waals surface area contributed by atoms with Crippen LogP contribution >= 0.6 is 0 Å². The highest BCUT2D eigenvalue weighted by atomic mass is 16.4. The molecular weight excluding hydrogens is 218 g/mol. The summed E-state index contributed by atoms with van der Waals surface area (Å²) in [4.78, 5) is 24.1. The van der Waals surface area contributed by atoms with Crippen LogP contribution in [0.5, 0.6) is 0 Å². The summed E-state index contributed by atoms with van der Waals surface area (Å²) in [5, 5.41) is 8.88. The van der Waals surface area contributed by atoms with Crippen LogP contribution in [0.4, 0.5) is 4.79 Å². The van der Waals surface area contributed by atoms with Crippen molar-refractivity contribution in [2.24, 2.45) is 0 Å². The summed E-state index contributed by atoms with van der Waals surface area (Å²) in [6.45, 7) is 0.459. The average Bonchev–Trinajstić information content (AvgIpc) is 2.39. The first-order valence-corrected chi connectivity index (χ1v) is 5.48. The fourth-order valence-corrected chi connectivity index (χ4v) is 1.86. The van der Waals surface area contributed by atoms with Crippen molar-refractivity contribution in [2.75, 3.05) is 6.54 Å². The molecule has 17 heavy (non-hydrogen) atoms. The van der Waals surface area contributed by atoms with Gasteiger partial charge in [0.15, 0.2) is 5.78 Å². The lowest BCUT2D eigenvalue weighted by atomic mass is 9.98. The van der Waals surface area contributed by atoms with E-state index in [-0.39, 0.29) is 5.78 Å². The standard InChI is InChI=1S/C13H13NO3/c15-12(10-5-2-1-3-6-10)11-7-4-8-14(9-11)13(16)17/h1-3,5-6,9H,4,7-8H2,(H,16,17). The van der Waals surface area contributed by atoms with Crippen LogP contribution in [0.2, 0.25) is 0 Å². The predicted molar refractivity (Wildman–Crippen MR) is 62.8 cm³/mol. The van der Waals surface area contributed by atoms with E-state index < -0.39 is 6.09 Å². The quantitative estimate of drug-likeness (QED) is 0.795. The third-order valence-corrected chi connectivity index (χ3v) is 2.73. The van der Waals surface area contributed by atoms with Gasteiger partial charge in [-0.2, -0.15) is 0 Å². The number of allylic oxidation sites excluding steroid dienone is 1.